The molecule has 2 aromatic heterocycles. The first-order valence-corrected chi connectivity index (χ1v) is 20.3. The number of fused-ring (bicyclic) bond motifs is 3. The first kappa shape index (κ1) is 50.6. The lowest BCUT2D eigenvalue weighted by molar-refractivity contribution is 1.08. The summed E-state index contributed by atoms with van der Waals surface area (Å²) >= 11 is 1.05. The van der Waals surface area contributed by atoms with Gasteiger partial charge in [0.05, 0.1) is 0 Å². The zero-order valence-corrected chi connectivity index (χ0v) is 36.5. The van der Waals surface area contributed by atoms with Gasteiger partial charge in [0.1, 0.15) is 196 Å². The van der Waals surface area contributed by atoms with E-state index in [0.717, 1.165) is 11.3 Å². The van der Waals surface area contributed by atoms with Crippen LogP contribution >= 0.6 is 11.3 Å². The molecule has 68 heavy (non-hydrogen) atoms. The molecule has 29 heteroatoms. The lowest BCUT2D eigenvalue weighted by Gasteiger charge is -2.26. The molecule has 50 radical (unpaired) electrons. The Kier molecular flexibility index (Phi) is 13.2. The maximum atomic E-state index is 7.19. The van der Waals surface area contributed by atoms with Crippen molar-refractivity contribution in [3.8, 4) is 56.4 Å². The van der Waals surface area contributed by atoms with E-state index in [1.807, 2.05) is 0 Å². The average Bonchev–Trinajstić information content (AvgIpc) is 3.70. The Morgan fingerprint density at radius 2 is 0.353 bits per heavy atom. The van der Waals surface area contributed by atoms with Crippen LogP contribution in [0.1, 0.15) is 0 Å². The van der Waals surface area contributed by atoms with Crippen molar-refractivity contribution in [3.05, 3.63) is 0 Å². The highest BCUT2D eigenvalue weighted by molar-refractivity contribution is 7.27. The molecule has 3 nitrogen and oxygen atoms in total. The monoisotopic (exact) mass is 817 g/mol. The zero-order valence-electron chi connectivity index (χ0n) is 35.7. The molecule has 0 aliphatic rings. The lowest BCUT2D eigenvalue weighted by Crippen LogP contribution is -2.56. The number of rotatable bonds is 5. The molecule has 0 N–H and O–H groups in total. The van der Waals surface area contributed by atoms with Crippen LogP contribution in [0.5, 0.6) is 0 Å². The fourth-order valence-electron chi connectivity index (χ4n) is 8.22. The summed E-state index contributed by atoms with van der Waals surface area (Å²) in [5.41, 5.74) is -2.95. The highest BCUT2D eigenvalue weighted by Gasteiger charge is 2.29. The van der Waals surface area contributed by atoms with Crippen LogP contribution < -0.4 is 137 Å². The molecule has 0 amide bonds. The third-order valence-corrected chi connectivity index (χ3v) is 13.4. The summed E-state index contributed by atoms with van der Waals surface area (Å²) in [7, 11) is 163. The molecule has 8 rings (SSSR count). The molecule has 0 unspecified atom stereocenters. The first-order valence-electron chi connectivity index (χ1n) is 19.5. The number of nitrogens with zero attached hydrogens (tertiary/aromatic N) is 3. The van der Waals surface area contributed by atoms with Crippen LogP contribution in [0.15, 0.2) is 0 Å². The summed E-state index contributed by atoms with van der Waals surface area (Å²) in [5.74, 6) is -0.851. The molecule has 2 heterocycles. The molecular formula is C39B25N3S. The minimum atomic E-state index is -0.306. The Morgan fingerprint density at radius 3 is 0.632 bits per heavy atom. The van der Waals surface area contributed by atoms with Gasteiger partial charge in [0.15, 0.2) is 17.5 Å². The second kappa shape index (κ2) is 17.8. The molecule has 6 aromatic carbocycles. The van der Waals surface area contributed by atoms with Gasteiger partial charge in [-0.15, -0.1) is 76.9 Å². The van der Waals surface area contributed by atoms with Gasteiger partial charge in [0, 0.05) is 26.1 Å². The van der Waals surface area contributed by atoms with Gasteiger partial charge in [-0.25, -0.2) is 15.0 Å². The normalized spacial score (nSPS) is 11.5. The topological polar surface area (TPSA) is 38.7 Å². The maximum Gasteiger partial charge on any atom is 0.162 e. The van der Waals surface area contributed by atoms with Gasteiger partial charge >= 0.3 is 0 Å². The van der Waals surface area contributed by atoms with E-state index in [2.05, 4.69) is 4.98 Å². The second-order valence-corrected chi connectivity index (χ2v) is 16.8. The van der Waals surface area contributed by atoms with Crippen LogP contribution in [-0.4, -0.2) is 211 Å². The third-order valence-electron chi connectivity index (χ3n) is 12.2. The standard InChI is InChI=1S/C39B25N3S/c40-10-1(3-14(44)24(54)16(46)5-6-17(47)25(55)15(45)4(36(6)68-35(3)5)2-12(42)26(56)32(62)27(57)13(2)43)11(41)23(53)18(48)7(10)37-65-38(8-19(49)28(58)33(63)29(59)20(8)50)67-39(66-37)9-21(51)30(60)34(64)31(61)22(9)52. The van der Waals surface area contributed by atoms with Gasteiger partial charge in [-0.1, -0.05) is 71.0 Å². The summed E-state index contributed by atoms with van der Waals surface area (Å²) in [6.07, 6.45) is 0. The van der Waals surface area contributed by atoms with Gasteiger partial charge < -0.3 is 0 Å². The highest BCUT2D eigenvalue weighted by atomic mass is 32.1. The van der Waals surface area contributed by atoms with Crippen molar-refractivity contribution >= 4 is 364 Å². The number of benzene rings is 6. The summed E-state index contributed by atoms with van der Waals surface area (Å²) in [5, 5.41) is 0.493. The van der Waals surface area contributed by atoms with E-state index in [0.29, 0.717) is 4.70 Å². The fourth-order valence-corrected chi connectivity index (χ4v) is 9.68. The molecule has 0 fully saturated rings. The predicted octanol–water partition coefficient (Wildman–Crippen LogP) is -19.6. The van der Waals surface area contributed by atoms with E-state index in [9.17, 15) is 0 Å². The van der Waals surface area contributed by atoms with E-state index < -0.39 is 0 Å². The predicted molar refractivity (Wildman–Crippen MR) is 315 cm³/mol. The molecule has 0 spiro atoms. The highest BCUT2D eigenvalue weighted by Crippen LogP contribution is 2.39. The molecule has 0 aliphatic heterocycles. The van der Waals surface area contributed by atoms with E-state index in [1.165, 1.54) is 0 Å². The largest absolute Gasteiger partial charge is 0.208 e. The summed E-state index contributed by atoms with van der Waals surface area (Å²) in [4.78, 5) is 14.1. The molecule has 0 bridgehead atoms. The summed E-state index contributed by atoms with van der Waals surface area (Å²) < 4.78 is 0.606. The minimum absolute atomic E-state index is 0.00322. The Morgan fingerprint density at radius 1 is 0.176 bits per heavy atom. The minimum Gasteiger partial charge on any atom is -0.208 e. The molecule has 0 saturated carbocycles. The Bertz CT molecular complexity index is 3470. The van der Waals surface area contributed by atoms with Crippen LogP contribution in [0.4, 0.5) is 0 Å². The quantitative estimate of drug-likeness (QED) is 0.163. The van der Waals surface area contributed by atoms with Crippen molar-refractivity contribution in [2.24, 2.45) is 0 Å². The van der Waals surface area contributed by atoms with E-state index in [-0.39, 0.29) is 208 Å². The SMILES string of the molecule is [B]c1c([B])c([B])c(-c2nc(-c3c([B])c([B])c([B])c([B])c3[B])nc(-c3c([B])c([B])c([B])c(-c4c([B])c([B])c([B])c5c4sc4c(-c6c([B])c([B])c([B])c([B])c6[B])c([B])c([B])c([B])c45)c3[B])n2)c([B])c1[B]. The van der Waals surface area contributed by atoms with E-state index in [1.54, 1.807) is 0 Å². The third kappa shape index (κ3) is 7.17. The molecule has 252 valence electrons. The maximum absolute atomic E-state index is 7.19. The van der Waals surface area contributed by atoms with Gasteiger partial charge in [-0.3, -0.25) is 0 Å². The van der Waals surface area contributed by atoms with Gasteiger partial charge in [0.2, 0.25) is 0 Å². The van der Waals surface area contributed by atoms with Gasteiger partial charge in [0.25, 0.3) is 0 Å². The van der Waals surface area contributed by atoms with Gasteiger partial charge in [-0.05, 0) is 33.0 Å². The van der Waals surface area contributed by atoms with Crippen LogP contribution in [0.25, 0.3) is 76.6 Å². The van der Waals surface area contributed by atoms with Crippen molar-refractivity contribution in [1.82, 2.24) is 15.0 Å². The molecular weight excluding hydrogens is 813 g/mol. The van der Waals surface area contributed by atoms with Crippen LogP contribution in [-0.2, 0) is 0 Å². The number of aromatic nitrogens is 3. The molecule has 0 atom stereocenters. The zero-order chi connectivity index (χ0) is 50.3. The summed E-state index contributed by atoms with van der Waals surface area (Å²) in [6.45, 7) is 0. The number of thiophene rings is 1. The smallest absolute Gasteiger partial charge is 0.162 e. The Hall–Kier alpha value is -3.83. The average molecular weight is 813 g/mol. The van der Waals surface area contributed by atoms with Crippen molar-refractivity contribution in [1.29, 1.82) is 0 Å². The van der Waals surface area contributed by atoms with Crippen LogP contribution in [0.2, 0.25) is 0 Å². The number of hydrogen-bond donors (Lipinski definition) is 0. The molecule has 0 saturated heterocycles. The van der Waals surface area contributed by atoms with E-state index in [4.69, 9.17) is 206 Å². The summed E-state index contributed by atoms with van der Waals surface area (Å²) in [6, 6.07) is 0. The first-order chi connectivity index (χ1) is 31.7. The Balaban J connectivity index is 1.55. The van der Waals surface area contributed by atoms with Crippen molar-refractivity contribution in [2.45, 2.75) is 0 Å². The van der Waals surface area contributed by atoms with E-state index >= 15 is 0 Å². The molecule has 8 aromatic rings. The van der Waals surface area contributed by atoms with Crippen LogP contribution in [0, 0.1) is 0 Å². The Labute approximate surface area is 432 Å². The fraction of sp³-hybridized carbons (Fsp3) is 0. The lowest BCUT2D eigenvalue weighted by atomic mass is 9.58. The van der Waals surface area contributed by atoms with Crippen molar-refractivity contribution in [2.75, 3.05) is 0 Å². The number of hydrogen-bond acceptors (Lipinski definition) is 4. The van der Waals surface area contributed by atoms with Gasteiger partial charge in [-0.2, -0.15) is 0 Å². The van der Waals surface area contributed by atoms with Crippen molar-refractivity contribution in [3.63, 3.8) is 0 Å². The second-order valence-electron chi connectivity index (χ2n) is 15.8. The van der Waals surface area contributed by atoms with Crippen molar-refractivity contribution < 1.29 is 0 Å². The molecule has 0 aliphatic carbocycles. The van der Waals surface area contributed by atoms with Crippen LogP contribution in [0.3, 0.4) is 0 Å².